The number of halogens is 2. The summed E-state index contributed by atoms with van der Waals surface area (Å²) in [5, 5.41) is 0. The maximum absolute atomic E-state index is 13.3. The van der Waals surface area contributed by atoms with Gasteiger partial charge in [0.1, 0.15) is 0 Å². The second-order valence-electron chi connectivity index (χ2n) is 6.55. The molecule has 1 aromatic carbocycles. The van der Waals surface area contributed by atoms with Gasteiger partial charge in [0.05, 0.1) is 0 Å². The summed E-state index contributed by atoms with van der Waals surface area (Å²) < 4.78 is 26.3. The number of unbranched alkanes of at least 4 members (excludes halogenated alkanes) is 6. The fourth-order valence-corrected chi connectivity index (χ4v) is 3.13. The zero-order chi connectivity index (χ0) is 16.5. The van der Waals surface area contributed by atoms with Crippen molar-refractivity contribution in [3.8, 4) is 0 Å². The summed E-state index contributed by atoms with van der Waals surface area (Å²) in [5.41, 5.74) is 1.76. The molecular formula is C21H28F2. The fraction of sp³-hybridized carbons (Fsp3) is 0.524. The molecule has 0 spiro atoms. The lowest BCUT2D eigenvalue weighted by molar-refractivity contribution is 0.508. The van der Waals surface area contributed by atoms with Gasteiger partial charge < -0.3 is 0 Å². The monoisotopic (exact) mass is 318 g/mol. The predicted octanol–water partition coefficient (Wildman–Crippen LogP) is 7.07. The van der Waals surface area contributed by atoms with Crippen LogP contribution in [0.4, 0.5) is 8.78 Å². The lowest BCUT2D eigenvalue weighted by Crippen LogP contribution is -2.00. The first kappa shape index (κ1) is 17.9. The average molecular weight is 318 g/mol. The highest BCUT2D eigenvalue weighted by Gasteiger charge is 2.11. The van der Waals surface area contributed by atoms with Crippen molar-refractivity contribution in [3.63, 3.8) is 0 Å². The molecule has 0 heterocycles. The van der Waals surface area contributed by atoms with Gasteiger partial charge in [-0.1, -0.05) is 76.2 Å². The zero-order valence-electron chi connectivity index (χ0n) is 14.2. The molecule has 0 amide bonds. The van der Waals surface area contributed by atoms with Crippen molar-refractivity contribution in [2.24, 2.45) is 5.92 Å². The number of allylic oxidation sites excluding steroid dienone is 4. The van der Waals surface area contributed by atoms with E-state index >= 15 is 0 Å². The largest absolute Gasteiger partial charge is 0.204 e. The SMILES string of the molecule is CCCCCCCCCC1C=CC(c2ccc(F)c(F)c2)=CC1. The van der Waals surface area contributed by atoms with E-state index in [2.05, 4.69) is 25.2 Å². The molecule has 0 bridgehead atoms. The lowest BCUT2D eigenvalue weighted by Gasteiger charge is -2.16. The summed E-state index contributed by atoms with van der Waals surface area (Å²) in [4.78, 5) is 0. The number of hydrogen-bond acceptors (Lipinski definition) is 0. The van der Waals surface area contributed by atoms with E-state index in [1.54, 1.807) is 6.07 Å². The molecule has 0 aromatic heterocycles. The molecule has 1 aromatic rings. The van der Waals surface area contributed by atoms with Crippen molar-refractivity contribution < 1.29 is 8.78 Å². The molecule has 0 nitrogen and oxygen atoms in total. The molecule has 1 unspecified atom stereocenters. The second kappa shape index (κ2) is 9.64. The first-order chi connectivity index (χ1) is 11.2. The first-order valence-electron chi connectivity index (χ1n) is 9.04. The van der Waals surface area contributed by atoms with E-state index in [1.165, 1.54) is 63.5 Å². The Bertz CT molecular complexity index is 543. The van der Waals surface area contributed by atoms with Crippen LogP contribution >= 0.6 is 0 Å². The Morgan fingerprint density at radius 1 is 0.957 bits per heavy atom. The van der Waals surface area contributed by atoms with Crippen LogP contribution in [0.15, 0.2) is 36.4 Å². The Hall–Kier alpha value is -1.44. The van der Waals surface area contributed by atoms with Gasteiger partial charge in [-0.2, -0.15) is 0 Å². The molecule has 1 aliphatic rings. The smallest absolute Gasteiger partial charge is 0.159 e. The van der Waals surface area contributed by atoms with Crippen molar-refractivity contribution in [2.75, 3.05) is 0 Å². The minimum atomic E-state index is -0.786. The number of benzene rings is 1. The molecular weight excluding hydrogens is 290 g/mol. The van der Waals surface area contributed by atoms with E-state index in [4.69, 9.17) is 0 Å². The minimum absolute atomic E-state index is 0.597. The Balaban J connectivity index is 1.70. The van der Waals surface area contributed by atoms with Crippen molar-refractivity contribution in [1.82, 2.24) is 0 Å². The van der Waals surface area contributed by atoms with Crippen molar-refractivity contribution >= 4 is 5.57 Å². The van der Waals surface area contributed by atoms with Crippen LogP contribution in [0, 0.1) is 17.6 Å². The summed E-state index contributed by atoms with van der Waals surface area (Å²) in [7, 11) is 0. The van der Waals surface area contributed by atoms with Crippen LogP contribution < -0.4 is 0 Å². The maximum Gasteiger partial charge on any atom is 0.159 e. The molecule has 126 valence electrons. The van der Waals surface area contributed by atoms with Gasteiger partial charge in [-0.25, -0.2) is 8.78 Å². The molecule has 23 heavy (non-hydrogen) atoms. The molecule has 0 aliphatic heterocycles. The fourth-order valence-electron chi connectivity index (χ4n) is 3.13. The molecule has 0 fully saturated rings. The number of rotatable bonds is 9. The van der Waals surface area contributed by atoms with Gasteiger partial charge in [0.2, 0.25) is 0 Å². The molecule has 0 radical (unpaired) electrons. The molecule has 2 rings (SSSR count). The van der Waals surface area contributed by atoms with Crippen LogP contribution in [-0.4, -0.2) is 0 Å². The van der Waals surface area contributed by atoms with Gasteiger partial charge in [-0.05, 0) is 42.0 Å². The Kier molecular flexibility index (Phi) is 7.51. The van der Waals surface area contributed by atoms with E-state index in [-0.39, 0.29) is 0 Å². The van der Waals surface area contributed by atoms with Gasteiger partial charge in [0.25, 0.3) is 0 Å². The first-order valence-corrected chi connectivity index (χ1v) is 9.04. The van der Waals surface area contributed by atoms with Crippen LogP contribution in [0.2, 0.25) is 0 Å². The molecule has 2 heteroatoms. The van der Waals surface area contributed by atoms with Crippen LogP contribution in [0.5, 0.6) is 0 Å². The summed E-state index contributed by atoms with van der Waals surface area (Å²) in [6.07, 6.45) is 18.0. The van der Waals surface area contributed by atoms with Crippen LogP contribution in [-0.2, 0) is 0 Å². The van der Waals surface area contributed by atoms with Crippen molar-refractivity contribution in [3.05, 3.63) is 53.6 Å². The second-order valence-corrected chi connectivity index (χ2v) is 6.55. The highest BCUT2D eigenvalue weighted by atomic mass is 19.2. The van der Waals surface area contributed by atoms with Crippen molar-refractivity contribution in [2.45, 2.75) is 64.7 Å². The summed E-state index contributed by atoms with van der Waals surface area (Å²) >= 11 is 0. The Labute approximate surface area is 139 Å². The van der Waals surface area contributed by atoms with Gasteiger partial charge in [-0.3, -0.25) is 0 Å². The molecule has 0 saturated carbocycles. The minimum Gasteiger partial charge on any atom is -0.204 e. The van der Waals surface area contributed by atoms with E-state index < -0.39 is 11.6 Å². The summed E-state index contributed by atoms with van der Waals surface area (Å²) in [6, 6.07) is 4.12. The molecule has 1 atom stereocenters. The average Bonchev–Trinajstić information content (AvgIpc) is 2.57. The van der Waals surface area contributed by atoms with Crippen molar-refractivity contribution in [1.29, 1.82) is 0 Å². The Morgan fingerprint density at radius 3 is 2.35 bits per heavy atom. The summed E-state index contributed by atoms with van der Waals surface area (Å²) in [6.45, 7) is 2.25. The van der Waals surface area contributed by atoms with E-state index in [0.29, 0.717) is 5.92 Å². The number of hydrogen-bond donors (Lipinski definition) is 0. The van der Waals surface area contributed by atoms with Gasteiger partial charge in [0, 0.05) is 0 Å². The normalized spacial score (nSPS) is 17.3. The highest BCUT2D eigenvalue weighted by Crippen LogP contribution is 2.28. The summed E-state index contributed by atoms with van der Waals surface area (Å²) in [5.74, 6) is -0.965. The Morgan fingerprint density at radius 2 is 1.70 bits per heavy atom. The zero-order valence-corrected chi connectivity index (χ0v) is 14.2. The maximum atomic E-state index is 13.3. The van der Waals surface area contributed by atoms with Crippen LogP contribution in [0.1, 0.15) is 70.3 Å². The standard InChI is InChI=1S/C21H28F2/c1-2-3-4-5-6-7-8-9-17-10-12-18(13-11-17)19-14-15-20(22)21(23)16-19/h10,12-17H,2-9,11H2,1H3. The van der Waals surface area contributed by atoms with E-state index in [1.807, 2.05) is 0 Å². The third-order valence-electron chi connectivity index (χ3n) is 4.62. The van der Waals surface area contributed by atoms with Gasteiger partial charge in [-0.15, -0.1) is 0 Å². The van der Waals surface area contributed by atoms with Crippen LogP contribution in [0.3, 0.4) is 0 Å². The highest BCUT2D eigenvalue weighted by molar-refractivity contribution is 5.74. The van der Waals surface area contributed by atoms with Crippen LogP contribution in [0.25, 0.3) is 5.57 Å². The quantitative estimate of drug-likeness (QED) is 0.427. The van der Waals surface area contributed by atoms with Gasteiger partial charge in [0.15, 0.2) is 11.6 Å². The van der Waals surface area contributed by atoms with E-state index in [9.17, 15) is 8.78 Å². The lowest BCUT2D eigenvalue weighted by atomic mass is 9.89. The molecule has 1 aliphatic carbocycles. The van der Waals surface area contributed by atoms with Gasteiger partial charge >= 0.3 is 0 Å². The molecule has 0 N–H and O–H groups in total. The van der Waals surface area contributed by atoms with E-state index in [0.717, 1.165) is 17.6 Å². The third-order valence-corrected chi connectivity index (χ3v) is 4.62. The topological polar surface area (TPSA) is 0 Å². The molecule has 0 saturated heterocycles. The predicted molar refractivity (Wildman–Crippen MR) is 94.2 cm³/mol. The third kappa shape index (κ3) is 5.93.